The molecule has 4 rings (SSSR count). The molecule has 0 unspecified atom stereocenters. The first-order valence-corrected chi connectivity index (χ1v) is 5.98. The molecule has 1 heteroatoms. The number of para-hydroxylation sites is 2. The summed E-state index contributed by atoms with van der Waals surface area (Å²) >= 11 is 0. The van der Waals surface area contributed by atoms with Crippen LogP contribution < -0.4 is 4.48 Å². The Hall–Kier alpha value is -1.60. The normalized spacial score (nSPS) is 19.0. The zero-order valence-electron chi connectivity index (χ0n) is 9.19. The van der Waals surface area contributed by atoms with E-state index in [0.29, 0.717) is 0 Å². The Morgan fingerprint density at radius 2 is 1.19 bits per heavy atom. The van der Waals surface area contributed by atoms with Crippen LogP contribution in [0.3, 0.4) is 0 Å². The first kappa shape index (κ1) is 8.54. The van der Waals surface area contributed by atoms with Gasteiger partial charge in [0.25, 0.3) is 0 Å². The van der Waals surface area contributed by atoms with E-state index < -0.39 is 0 Å². The van der Waals surface area contributed by atoms with Crippen molar-refractivity contribution < 1.29 is 0 Å². The van der Waals surface area contributed by atoms with Crippen LogP contribution in [0.2, 0.25) is 0 Å². The van der Waals surface area contributed by atoms with Crippen molar-refractivity contribution in [1.82, 2.24) is 4.48 Å². The summed E-state index contributed by atoms with van der Waals surface area (Å²) < 4.78 is 1.10. The summed E-state index contributed by atoms with van der Waals surface area (Å²) in [5, 5.41) is 0. The zero-order chi connectivity index (χ0) is 10.6. The molecule has 16 heavy (non-hydrogen) atoms. The van der Waals surface area contributed by atoms with Crippen molar-refractivity contribution in [3.05, 3.63) is 48.5 Å². The Kier molecular flexibility index (Phi) is 1.46. The van der Waals surface area contributed by atoms with Crippen LogP contribution in [0.1, 0.15) is 6.42 Å². The number of quaternary nitrogens is 1. The van der Waals surface area contributed by atoms with Crippen molar-refractivity contribution in [2.75, 3.05) is 13.1 Å². The maximum Gasteiger partial charge on any atom is 0.146 e. The van der Waals surface area contributed by atoms with Gasteiger partial charge in [-0.1, -0.05) is 24.3 Å². The third kappa shape index (κ3) is 0.817. The van der Waals surface area contributed by atoms with Crippen LogP contribution in [0.25, 0.3) is 11.1 Å². The summed E-state index contributed by atoms with van der Waals surface area (Å²) in [4.78, 5) is 0. The Morgan fingerprint density at radius 1 is 0.688 bits per heavy atom. The maximum atomic E-state index is 2.30. The minimum Gasteiger partial charge on any atom is -0.257 e. The Balaban J connectivity index is 2.10. The number of hydrogen-bond acceptors (Lipinski definition) is 0. The van der Waals surface area contributed by atoms with Crippen LogP contribution in [0.4, 0.5) is 11.4 Å². The molecular formula is C15H14N+. The lowest BCUT2D eigenvalue weighted by Crippen LogP contribution is -2.53. The van der Waals surface area contributed by atoms with E-state index in [4.69, 9.17) is 0 Å². The van der Waals surface area contributed by atoms with Gasteiger partial charge in [0, 0.05) is 29.7 Å². The molecular weight excluding hydrogens is 194 g/mol. The van der Waals surface area contributed by atoms with Gasteiger partial charge in [-0.15, -0.1) is 0 Å². The quantitative estimate of drug-likeness (QED) is 0.579. The lowest BCUT2D eigenvalue weighted by molar-refractivity contribution is 0.279. The van der Waals surface area contributed by atoms with Crippen LogP contribution in [-0.2, 0) is 0 Å². The monoisotopic (exact) mass is 208 g/mol. The van der Waals surface area contributed by atoms with Crippen molar-refractivity contribution in [2.24, 2.45) is 0 Å². The number of rotatable bonds is 0. The van der Waals surface area contributed by atoms with Gasteiger partial charge in [0.15, 0.2) is 0 Å². The molecule has 0 N–H and O–H groups in total. The van der Waals surface area contributed by atoms with Crippen molar-refractivity contribution >= 4 is 11.4 Å². The molecule has 1 spiro atoms. The molecule has 2 aromatic carbocycles. The first-order valence-electron chi connectivity index (χ1n) is 5.98. The lowest BCUT2D eigenvalue weighted by atomic mass is 10.1. The highest BCUT2D eigenvalue weighted by Gasteiger charge is 2.47. The number of benzene rings is 2. The molecule has 1 fully saturated rings. The third-order valence-corrected chi connectivity index (χ3v) is 4.10. The van der Waals surface area contributed by atoms with Gasteiger partial charge in [0.1, 0.15) is 11.4 Å². The molecule has 0 saturated carbocycles. The van der Waals surface area contributed by atoms with Crippen LogP contribution in [0.5, 0.6) is 0 Å². The number of fused-ring (bicyclic) bond motifs is 5. The van der Waals surface area contributed by atoms with Gasteiger partial charge in [-0.25, -0.2) is 0 Å². The molecule has 2 aliphatic rings. The summed E-state index contributed by atoms with van der Waals surface area (Å²) in [7, 11) is 0. The molecule has 0 atom stereocenters. The smallest absolute Gasteiger partial charge is 0.146 e. The molecule has 1 saturated heterocycles. The molecule has 0 bridgehead atoms. The van der Waals surface area contributed by atoms with E-state index in [9.17, 15) is 0 Å². The fraction of sp³-hybridized carbons (Fsp3) is 0.200. The molecule has 1 nitrogen and oxygen atoms in total. The summed E-state index contributed by atoms with van der Waals surface area (Å²) in [5.74, 6) is 0. The highest BCUT2D eigenvalue weighted by Crippen LogP contribution is 2.55. The largest absolute Gasteiger partial charge is 0.257 e. The van der Waals surface area contributed by atoms with Crippen LogP contribution in [-0.4, -0.2) is 13.1 Å². The topological polar surface area (TPSA) is 0 Å². The van der Waals surface area contributed by atoms with Gasteiger partial charge in [0.2, 0.25) is 0 Å². The SMILES string of the molecule is c1ccc2c(c1)-c1ccccc1[N+]21CCC1. The van der Waals surface area contributed by atoms with Gasteiger partial charge in [-0.05, 0) is 12.1 Å². The highest BCUT2D eigenvalue weighted by atomic mass is 15.4. The number of nitrogens with zero attached hydrogens (tertiary/aromatic N) is 1. The van der Waals surface area contributed by atoms with Crippen molar-refractivity contribution in [2.45, 2.75) is 6.42 Å². The molecule has 0 amide bonds. The highest BCUT2D eigenvalue weighted by molar-refractivity contribution is 5.94. The molecule has 2 aromatic rings. The van der Waals surface area contributed by atoms with E-state index in [2.05, 4.69) is 48.5 Å². The fourth-order valence-corrected chi connectivity index (χ4v) is 3.24. The second-order valence-electron chi connectivity index (χ2n) is 4.80. The average Bonchev–Trinajstić information content (AvgIpc) is 2.59. The van der Waals surface area contributed by atoms with Crippen molar-refractivity contribution in [1.29, 1.82) is 0 Å². The third-order valence-electron chi connectivity index (χ3n) is 4.10. The van der Waals surface area contributed by atoms with E-state index in [0.717, 1.165) is 4.48 Å². The minimum absolute atomic E-state index is 1.10. The second-order valence-corrected chi connectivity index (χ2v) is 4.80. The molecule has 0 aromatic heterocycles. The maximum absolute atomic E-state index is 2.30. The minimum atomic E-state index is 1.10. The van der Waals surface area contributed by atoms with Crippen LogP contribution in [0, 0.1) is 0 Å². The van der Waals surface area contributed by atoms with E-state index in [1.54, 1.807) is 0 Å². The van der Waals surface area contributed by atoms with E-state index in [1.165, 1.54) is 42.0 Å². The standard InChI is InChI=1S/C15H14N/c1-3-8-14-12(6-1)13-7-2-4-9-15(13)16(14)10-5-11-16/h1-4,6-9H,5,10-11H2/q+1. The van der Waals surface area contributed by atoms with E-state index in [1.807, 2.05) is 0 Å². The van der Waals surface area contributed by atoms with E-state index >= 15 is 0 Å². The Morgan fingerprint density at radius 3 is 1.62 bits per heavy atom. The summed E-state index contributed by atoms with van der Waals surface area (Å²) in [6.45, 7) is 2.54. The van der Waals surface area contributed by atoms with Crippen LogP contribution in [0.15, 0.2) is 48.5 Å². The Bertz CT molecular complexity index is 520. The van der Waals surface area contributed by atoms with Gasteiger partial charge >= 0.3 is 0 Å². The Labute approximate surface area is 95.5 Å². The molecule has 2 heterocycles. The number of hydrogen-bond donors (Lipinski definition) is 0. The van der Waals surface area contributed by atoms with Crippen molar-refractivity contribution in [3.63, 3.8) is 0 Å². The molecule has 0 radical (unpaired) electrons. The first-order chi connectivity index (χ1) is 7.92. The fourth-order valence-electron chi connectivity index (χ4n) is 3.24. The van der Waals surface area contributed by atoms with Crippen LogP contribution >= 0.6 is 0 Å². The predicted octanol–water partition coefficient (Wildman–Crippen LogP) is 3.71. The lowest BCUT2D eigenvalue weighted by Gasteiger charge is -2.42. The summed E-state index contributed by atoms with van der Waals surface area (Å²) in [6, 6.07) is 17.8. The molecule has 0 aliphatic carbocycles. The van der Waals surface area contributed by atoms with Crippen molar-refractivity contribution in [3.8, 4) is 11.1 Å². The summed E-state index contributed by atoms with van der Waals surface area (Å²) in [6.07, 6.45) is 1.35. The summed E-state index contributed by atoms with van der Waals surface area (Å²) in [5.41, 5.74) is 5.90. The predicted molar refractivity (Wildman–Crippen MR) is 67.7 cm³/mol. The molecule has 78 valence electrons. The average molecular weight is 208 g/mol. The van der Waals surface area contributed by atoms with Gasteiger partial charge in [0.05, 0.1) is 13.1 Å². The van der Waals surface area contributed by atoms with E-state index in [-0.39, 0.29) is 0 Å². The van der Waals surface area contributed by atoms with Gasteiger partial charge in [-0.3, -0.25) is 4.48 Å². The second kappa shape index (κ2) is 2.74. The van der Waals surface area contributed by atoms with Gasteiger partial charge < -0.3 is 0 Å². The molecule has 2 aliphatic heterocycles. The zero-order valence-corrected chi connectivity index (χ0v) is 9.19. The van der Waals surface area contributed by atoms with Gasteiger partial charge in [-0.2, -0.15) is 0 Å².